The Hall–Kier alpha value is -2.13. The molecule has 2 aliphatic rings. The molecule has 2 heterocycles. The Kier molecular flexibility index (Phi) is 4.38. The van der Waals surface area contributed by atoms with E-state index in [1.807, 2.05) is 0 Å². The van der Waals surface area contributed by atoms with Crippen molar-refractivity contribution >= 4 is 45.3 Å². The van der Waals surface area contributed by atoms with E-state index < -0.39 is 29.2 Å². The standard InChI is InChI=1S/C17H12BrClF2N4O2/c18-10-2-1-9-13(14(10)21)17(3-11(17)20)7-25(15(9)27)6-12(26)24-16-22-4-8(19)5-23-16/h1-2,4-5,11H,3,6-7H2,(H,22,23,24,26)/t11-,17+/m0/s1. The van der Waals surface area contributed by atoms with Gasteiger partial charge in [0.15, 0.2) is 0 Å². The summed E-state index contributed by atoms with van der Waals surface area (Å²) in [6.07, 6.45) is 1.48. The lowest BCUT2D eigenvalue weighted by Gasteiger charge is -2.34. The molecule has 1 aromatic carbocycles. The summed E-state index contributed by atoms with van der Waals surface area (Å²) in [5.41, 5.74) is -0.932. The molecule has 2 amide bonds. The SMILES string of the molecule is O=C(CN1C[C@@]2(C[C@@H]2F)c2c(ccc(Br)c2F)C1=O)Nc1ncc(Cl)cn1. The van der Waals surface area contributed by atoms with E-state index >= 15 is 0 Å². The molecule has 0 bridgehead atoms. The molecule has 1 fully saturated rings. The number of hydrogen-bond acceptors (Lipinski definition) is 4. The van der Waals surface area contributed by atoms with Gasteiger partial charge >= 0.3 is 0 Å². The lowest BCUT2D eigenvalue weighted by atomic mass is 9.85. The zero-order valence-electron chi connectivity index (χ0n) is 13.7. The molecule has 1 N–H and O–H groups in total. The predicted octanol–water partition coefficient (Wildman–Crippen LogP) is 3.11. The molecule has 2 atom stereocenters. The number of nitrogens with zero attached hydrogens (tertiary/aromatic N) is 3. The van der Waals surface area contributed by atoms with Gasteiger partial charge in [-0.3, -0.25) is 14.9 Å². The third-order valence-corrected chi connectivity index (χ3v) is 5.58. The van der Waals surface area contributed by atoms with Gasteiger partial charge in [0, 0.05) is 17.7 Å². The smallest absolute Gasteiger partial charge is 0.254 e. The van der Waals surface area contributed by atoms with E-state index in [1.54, 1.807) is 0 Å². The first-order valence-corrected chi connectivity index (χ1v) is 9.18. The summed E-state index contributed by atoms with van der Waals surface area (Å²) in [4.78, 5) is 33.9. The second-order valence-electron chi connectivity index (χ2n) is 6.55. The molecule has 4 rings (SSSR count). The molecule has 1 aromatic heterocycles. The van der Waals surface area contributed by atoms with Crippen LogP contribution in [0.3, 0.4) is 0 Å². The number of rotatable bonds is 3. The third-order valence-electron chi connectivity index (χ3n) is 4.77. The van der Waals surface area contributed by atoms with Crippen LogP contribution in [0.5, 0.6) is 0 Å². The van der Waals surface area contributed by atoms with Crippen molar-refractivity contribution in [2.75, 3.05) is 18.4 Å². The molecule has 140 valence electrons. The van der Waals surface area contributed by atoms with Crippen molar-refractivity contribution in [1.82, 2.24) is 14.9 Å². The van der Waals surface area contributed by atoms with Gasteiger partial charge < -0.3 is 4.90 Å². The number of nitrogens with one attached hydrogen (secondary N) is 1. The second kappa shape index (κ2) is 6.49. The van der Waals surface area contributed by atoms with Crippen molar-refractivity contribution in [3.8, 4) is 0 Å². The molecule has 27 heavy (non-hydrogen) atoms. The Bertz CT molecular complexity index is 959. The van der Waals surface area contributed by atoms with Gasteiger partial charge in [0.2, 0.25) is 11.9 Å². The fraction of sp³-hybridized carbons (Fsp3) is 0.294. The average molecular weight is 458 g/mol. The van der Waals surface area contributed by atoms with Gasteiger partial charge in [0.1, 0.15) is 18.5 Å². The summed E-state index contributed by atoms with van der Waals surface area (Å²) >= 11 is 8.77. The van der Waals surface area contributed by atoms with Crippen molar-refractivity contribution in [3.05, 3.63) is 51.0 Å². The number of alkyl halides is 1. The zero-order valence-corrected chi connectivity index (χ0v) is 16.0. The molecule has 2 aromatic rings. The van der Waals surface area contributed by atoms with Crippen molar-refractivity contribution in [3.63, 3.8) is 0 Å². The highest BCUT2D eigenvalue weighted by Crippen LogP contribution is 2.55. The molecule has 0 radical (unpaired) electrons. The molecular formula is C17H12BrClF2N4O2. The van der Waals surface area contributed by atoms with Crippen LogP contribution in [0.25, 0.3) is 0 Å². The first-order valence-electron chi connectivity index (χ1n) is 8.01. The van der Waals surface area contributed by atoms with E-state index in [1.165, 1.54) is 29.4 Å². The van der Waals surface area contributed by atoms with E-state index in [9.17, 15) is 18.4 Å². The van der Waals surface area contributed by atoms with Gasteiger partial charge in [0.05, 0.1) is 27.3 Å². The molecule has 0 unspecified atom stereocenters. The van der Waals surface area contributed by atoms with Gasteiger partial charge in [-0.25, -0.2) is 18.7 Å². The van der Waals surface area contributed by atoms with Gasteiger partial charge in [-0.15, -0.1) is 0 Å². The van der Waals surface area contributed by atoms with Gasteiger partial charge in [-0.05, 0) is 34.5 Å². The number of benzene rings is 1. The summed E-state index contributed by atoms with van der Waals surface area (Å²) in [6.45, 7) is -0.390. The maximum absolute atomic E-state index is 14.6. The fourth-order valence-corrected chi connectivity index (χ4v) is 3.83. The Balaban J connectivity index is 1.58. The fourth-order valence-electron chi connectivity index (χ4n) is 3.40. The molecular weight excluding hydrogens is 446 g/mol. The predicted molar refractivity (Wildman–Crippen MR) is 96.9 cm³/mol. The maximum atomic E-state index is 14.6. The number of halogens is 4. The van der Waals surface area contributed by atoms with Gasteiger partial charge in [-0.2, -0.15) is 0 Å². The Morgan fingerprint density at radius 2 is 2.07 bits per heavy atom. The van der Waals surface area contributed by atoms with E-state index in [0.29, 0.717) is 5.02 Å². The van der Waals surface area contributed by atoms with Crippen LogP contribution >= 0.6 is 27.5 Å². The van der Waals surface area contributed by atoms with Crippen LogP contribution in [0.15, 0.2) is 29.0 Å². The normalized spacial score (nSPS) is 23.3. The highest BCUT2D eigenvalue weighted by atomic mass is 79.9. The number of hydrogen-bond donors (Lipinski definition) is 1. The Morgan fingerprint density at radius 3 is 2.70 bits per heavy atom. The van der Waals surface area contributed by atoms with Crippen LogP contribution in [0.4, 0.5) is 14.7 Å². The molecule has 1 aliphatic heterocycles. The van der Waals surface area contributed by atoms with Crippen molar-refractivity contribution in [2.24, 2.45) is 0 Å². The van der Waals surface area contributed by atoms with Crippen LogP contribution in [0, 0.1) is 5.82 Å². The molecule has 1 spiro atoms. The first-order chi connectivity index (χ1) is 12.8. The van der Waals surface area contributed by atoms with Crippen molar-refractivity contribution in [2.45, 2.75) is 18.0 Å². The highest BCUT2D eigenvalue weighted by molar-refractivity contribution is 9.10. The summed E-state index contributed by atoms with van der Waals surface area (Å²) in [6, 6.07) is 2.85. The molecule has 0 saturated heterocycles. The second-order valence-corrected chi connectivity index (χ2v) is 7.84. The largest absolute Gasteiger partial charge is 0.328 e. The quantitative estimate of drug-likeness (QED) is 0.769. The first kappa shape index (κ1) is 18.2. The van der Waals surface area contributed by atoms with Crippen molar-refractivity contribution in [1.29, 1.82) is 0 Å². The minimum absolute atomic E-state index is 0.0359. The third kappa shape index (κ3) is 3.08. The number of fused-ring (bicyclic) bond motifs is 2. The molecule has 10 heteroatoms. The average Bonchev–Trinajstić information content (AvgIpc) is 3.26. The minimum Gasteiger partial charge on any atom is -0.328 e. The Labute approximate surface area is 166 Å². The van der Waals surface area contributed by atoms with Crippen LogP contribution in [-0.4, -0.2) is 45.9 Å². The highest BCUT2D eigenvalue weighted by Gasteiger charge is 2.62. The zero-order chi connectivity index (χ0) is 19.3. The number of anilines is 1. The topological polar surface area (TPSA) is 75.2 Å². The van der Waals surface area contributed by atoms with Gasteiger partial charge in [0.25, 0.3) is 5.91 Å². The lowest BCUT2D eigenvalue weighted by Crippen LogP contribution is -2.48. The summed E-state index contributed by atoms with van der Waals surface area (Å²) in [5.74, 6) is -1.65. The van der Waals surface area contributed by atoms with Crippen LogP contribution < -0.4 is 5.32 Å². The molecule has 1 saturated carbocycles. The Morgan fingerprint density at radius 1 is 1.41 bits per heavy atom. The number of amides is 2. The van der Waals surface area contributed by atoms with E-state index in [4.69, 9.17) is 11.6 Å². The van der Waals surface area contributed by atoms with E-state index in [-0.39, 0.29) is 41.1 Å². The van der Waals surface area contributed by atoms with Crippen LogP contribution in [-0.2, 0) is 10.2 Å². The summed E-state index contributed by atoms with van der Waals surface area (Å²) < 4.78 is 29.0. The minimum atomic E-state index is -1.27. The maximum Gasteiger partial charge on any atom is 0.254 e. The summed E-state index contributed by atoms with van der Waals surface area (Å²) in [5, 5.41) is 2.76. The number of aromatic nitrogens is 2. The number of carbonyl (C=O) groups excluding carboxylic acids is 2. The monoisotopic (exact) mass is 456 g/mol. The van der Waals surface area contributed by atoms with E-state index in [2.05, 4.69) is 31.2 Å². The summed E-state index contributed by atoms with van der Waals surface area (Å²) in [7, 11) is 0. The molecule has 6 nitrogen and oxygen atoms in total. The lowest BCUT2D eigenvalue weighted by molar-refractivity contribution is -0.117. The van der Waals surface area contributed by atoms with E-state index in [0.717, 1.165) is 0 Å². The van der Waals surface area contributed by atoms with Gasteiger partial charge in [-0.1, -0.05) is 11.6 Å². The van der Waals surface area contributed by atoms with Crippen LogP contribution in [0.1, 0.15) is 22.3 Å². The van der Waals surface area contributed by atoms with Crippen LogP contribution in [0.2, 0.25) is 5.02 Å². The number of carbonyl (C=O) groups is 2. The van der Waals surface area contributed by atoms with Crippen molar-refractivity contribution < 1.29 is 18.4 Å². The molecule has 1 aliphatic carbocycles.